The van der Waals surface area contributed by atoms with Crippen molar-refractivity contribution in [3.8, 4) is 17.1 Å². The second-order valence-electron chi connectivity index (χ2n) is 6.25. The number of hydrogen-bond donors (Lipinski definition) is 0. The quantitative estimate of drug-likeness (QED) is 0.512. The summed E-state index contributed by atoms with van der Waals surface area (Å²) in [5.41, 5.74) is 2.46. The molecule has 0 fully saturated rings. The second-order valence-corrected chi connectivity index (χ2v) is 6.25. The van der Waals surface area contributed by atoms with E-state index in [4.69, 9.17) is 4.74 Å². The number of halogens is 3. The fourth-order valence-corrected chi connectivity index (χ4v) is 2.57. The zero-order chi connectivity index (χ0) is 20.1. The van der Waals surface area contributed by atoms with E-state index in [0.717, 1.165) is 11.3 Å². The SMILES string of the molecule is Cc1cc(OCCCc2ccc(C(C)F)nn2)ccc1-c1noc(C(F)F)n1. The van der Waals surface area contributed by atoms with Gasteiger partial charge in [-0.2, -0.15) is 24.0 Å². The lowest BCUT2D eigenvalue weighted by atomic mass is 10.1. The van der Waals surface area contributed by atoms with Crippen molar-refractivity contribution in [1.29, 1.82) is 0 Å². The van der Waals surface area contributed by atoms with Gasteiger partial charge < -0.3 is 9.26 Å². The van der Waals surface area contributed by atoms with Crippen LogP contribution in [0.25, 0.3) is 11.4 Å². The molecule has 28 heavy (non-hydrogen) atoms. The summed E-state index contributed by atoms with van der Waals surface area (Å²) in [6.45, 7) is 3.68. The third kappa shape index (κ3) is 4.85. The van der Waals surface area contributed by atoms with Crippen molar-refractivity contribution in [2.24, 2.45) is 0 Å². The molecule has 2 heterocycles. The maximum atomic E-state index is 13.1. The van der Waals surface area contributed by atoms with E-state index in [9.17, 15) is 13.2 Å². The van der Waals surface area contributed by atoms with E-state index in [0.29, 0.717) is 36.5 Å². The Morgan fingerprint density at radius 2 is 1.93 bits per heavy atom. The average Bonchev–Trinajstić information content (AvgIpc) is 3.16. The first-order valence-corrected chi connectivity index (χ1v) is 8.76. The smallest absolute Gasteiger partial charge is 0.315 e. The van der Waals surface area contributed by atoms with E-state index in [-0.39, 0.29) is 5.82 Å². The van der Waals surface area contributed by atoms with E-state index < -0.39 is 18.5 Å². The molecule has 0 aliphatic rings. The Morgan fingerprint density at radius 3 is 2.54 bits per heavy atom. The standard InChI is InChI=1S/C19H19F3N4O2/c1-11-10-14(6-7-15(11)18-23-19(17(21)22)28-26-18)27-9-3-4-13-5-8-16(12(2)20)25-24-13/h5-8,10,12,17H,3-4,9H2,1-2H3. The van der Waals surface area contributed by atoms with Crippen LogP contribution < -0.4 is 4.74 Å². The largest absolute Gasteiger partial charge is 0.494 e. The molecule has 1 aromatic carbocycles. The molecule has 0 amide bonds. The van der Waals surface area contributed by atoms with Gasteiger partial charge in [0.2, 0.25) is 5.82 Å². The van der Waals surface area contributed by atoms with Gasteiger partial charge in [0.1, 0.15) is 11.9 Å². The molecule has 0 spiro atoms. The van der Waals surface area contributed by atoms with Crippen molar-refractivity contribution in [2.75, 3.05) is 6.61 Å². The summed E-state index contributed by atoms with van der Waals surface area (Å²) in [5, 5.41) is 11.4. The summed E-state index contributed by atoms with van der Waals surface area (Å²) in [5.74, 6) is 0.0577. The van der Waals surface area contributed by atoms with Gasteiger partial charge in [-0.15, -0.1) is 0 Å². The Hall–Kier alpha value is -2.97. The Kier molecular flexibility index (Phi) is 6.23. The number of hydrogen-bond acceptors (Lipinski definition) is 6. The zero-order valence-electron chi connectivity index (χ0n) is 15.4. The molecule has 2 aromatic heterocycles. The summed E-state index contributed by atoms with van der Waals surface area (Å²) in [6, 6.07) is 8.60. The highest BCUT2D eigenvalue weighted by atomic mass is 19.3. The highest BCUT2D eigenvalue weighted by Crippen LogP contribution is 2.27. The predicted molar refractivity (Wildman–Crippen MR) is 94.8 cm³/mol. The molecule has 0 aliphatic carbocycles. The Bertz CT molecular complexity index is 914. The second kappa shape index (κ2) is 8.81. The van der Waals surface area contributed by atoms with Gasteiger partial charge in [-0.05, 0) is 62.6 Å². The molecule has 3 aromatic rings. The lowest BCUT2D eigenvalue weighted by molar-refractivity contribution is 0.106. The number of aryl methyl sites for hydroxylation is 2. The highest BCUT2D eigenvalue weighted by molar-refractivity contribution is 5.61. The first kappa shape index (κ1) is 19.8. The number of aromatic nitrogens is 4. The van der Waals surface area contributed by atoms with Crippen molar-refractivity contribution >= 4 is 0 Å². The normalized spacial score (nSPS) is 12.4. The van der Waals surface area contributed by atoms with Crippen LogP contribution in [0.4, 0.5) is 13.2 Å². The van der Waals surface area contributed by atoms with Crippen molar-refractivity contribution in [3.63, 3.8) is 0 Å². The Balaban J connectivity index is 1.53. The van der Waals surface area contributed by atoms with Gasteiger partial charge in [0, 0.05) is 5.56 Å². The van der Waals surface area contributed by atoms with Gasteiger partial charge in [0.15, 0.2) is 0 Å². The van der Waals surface area contributed by atoms with Crippen LogP contribution in [0.2, 0.25) is 0 Å². The number of benzene rings is 1. The van der Waals surface area contributed by atoms with E-state index in [1.807, 2.05) is 6.92 Å². The average molecular weight is 392 g/mol. The predicted octanol–water partition coefficient (Wildman–Crippen LogP) is 4.81. The van der Waals surface area contributed by atoms with Crippen LogP contribution >= 0.6 is 0 Å². The van der Waals surface area contributed by atoms with Crippen molar-refractivity contribution in [2.45, 2.75) is 39.3 Å². The molecule has 9 heteroatoms. The minimum Gasteiger partial charge on any atom is -0.494 e. The minimum absolute atomic E-state index is 0.115. The minimum atomic E-state index is -2.80. The van der Waals surface area contributed by atoms with Crippen molar-refractivity contribution in [3.05, 3.63) is 53.2 Å². The Labute approximate surface area is 159 Å². The number of alkyl halides is 3. The van der Waals surface area contributed by atoms with Crippen LogP contribution in [0.5, 0.6) is 5.75 Å². The topological polar surface area (TPSA) is 73.9 Å². The van der Waals surface area contributed by atoms with Crippen LogP contribution in [-0.4, -0.2) is 26.9 Å². The van der Waals surface area contributed by atoms with Crippen molar-refractivity contribution < 1.29 is 22.4 Å². The molecule has 6 nitrogen and oxygen atoms in total. The summed E-state index contributed by atoms with van der Waals surface area (Å²) in [7, 11) is 0. The van der Waals surface area contributed by atoms with Gasteiger partial charge in [0.25, 0.3) is 5.89 Å². The lowest BCUT2D eigenvalue weighted by Crippen LogP contribution is -2.03. The van der Waals surface area contributed by atoms with Crippen LogP contribution in [0.1, 0.15) is 48.8 Å². The first-order chi connectivity index (χ1) is 13.4. The number of rotatable bonds is 8. The van der Waals surface area contributed by atoms with E-state index >= 15 is 0 Å². The number of ether oxygens (including phenoxy) is 1. The molecule has 0 aliphatic heterocycles. The molecule has 1 atom stereocenters. The summed E-state index contributed by atoms with van der Waals surface area (Å²) >= 11 is 0. The first-order valence-electron chi connectivity index (χ1n) is 8.76. The lowest BCUT2D eigenvalue weighted by Gasteiger charge is -2.08. The summed E-state index contributed by atoms with van der Waals surface area (Å²) in [4.78, 5) is 3.69. The van der Waals surface area contributed by atoms with E-state index in [1.54, 1.807) is 30.3 Å². The Morgan fingerprint density at radius 1 is 1.11 bits per heavy atom. The van der Waals surface area contributed by atoms with Gasteiger partial charge in [-0.3, -0.25) is 0 Å². The van der Waals surface area contributed by atoms with Crippen molar-refractivity contribution in [1.82, 2.24) is 20.3 Å². The fourth-order valence-electron chi connectivity index (χ4n) is 2.57. The fraction of sp³-hybridized carbons (Fsp3) is 0.368. The van der Waals surface area contributed by atoms with Crippen LogP contribution in [-0.2, 0) is 6.42 Å². The van der Waals surface area contributed by atoms with Gasteiger partial charge in [-0.25, -0.2) is 4.39 Å². The maximum Gasteiger partial charge on any atom is 0.315 e. The zero-order valence-corrected chi connectivity index (χ0v) is 15.4. The molecule has 148 valence electrons. The molecule has 0 saturated carbocycles. The molecule has 0 radical (unpaired) electrons. The van der Waals surface area contributed by atoms with Crippen LogP contribution in [0.15, 0.2) is 34.9 Å². The summed E-state index contributed by atoms with van der Waals surface area (Å²) < 4.78 is 48.5. The summed E-state index contributed by atoms with van der Waals surface area (Å²) in [6.07, 6.45) is -2.57. The van der Waals surface area contributed by atoms with E-state index in [2.05, 4.69) is 24.9 Å². The molecule has 0 saturated heterocycles. The molecule has 0 N–H and O–H groups in total. The highest BCUT2D eigenvalue weighted by Gasteiger charge is 2.18. The molecule has 0 bridgehead atoms. The number of nitrogens with zero attached hydrogens (tertiary/aromatic N) is 4. The van der Waals surface area contributed by atoms with E-state index in [1.165, 1.54) is 6.92 Å². The maximum absolute atomic E-state index is 13.1. The molecular weight excluding hydrogens is 373 g/mol. The van der Waals surface area contributed by atoms with Crippen LogP contribution in [0.3, 0.4) is 0 Å². The molecule has 1 unspecified atom stereocenters. The van der Waals surface area contributed by atoms with Gasteiger partial charge >= 0.3 is 6.43 Å². The molecule has 3 rings (SSSR count). The van der Waals surface area contributed by atoms with Gasteiger partial charge in [0.05, 0.1) is 18.0 Å². The third-order valence-electron chi connectivity index (χ3n) is 4.06. The van der Waals surface area contributed by atoms with Crippen LogP contribution in [0, 0.1) is 6.92 Å². The van der Waals surface area contributed by atoms with Gasteiger partial charge in [-0.1, -0.05) is 5.16 Å². The monoisotopic (exact) mass is 392 g/mol. The molecular formula is C19H19F3N4O2. The third-order valence-corrected chi connectivity index (χ3v) is 4.06.